The third kappa shape index (κ3) is 4.41. The van der Waals surface area contributed by atoms with E-state index in [4.69, 9.17) is 11.6 Å². The summed E-state index contributed by atoms with van der Waals surface area (Å²) in [6, 6.07) is 8.73. The van der Waals surface area contributed by atoms with Crippen LogP contribution in [-0.2, 0) is 15.0 Å². The number of benzene rings is 1. The molecule has 2 rings (SSSR count). The van der Waals surface area contributed by atoms with Gasteiger partial charge >= 0.3 is 10.2 Å². The fraction of sp³-hybridized carbons (Fsp3) is 0.533. The highest BCUT2D eigenvalue weighted by atomic mass is 35.5. The first-order valence-electron chi connectivity index (χ1n) is 7.29. The van der Waals surface area contributed by atoms with Crippen molar-refractivity contribution in [2.75, 3.05) is 12.9 Å². The van der Waals surface area contributed by atoms with E-state index in [0.717, 1.165) is 13.5 Å². The molecule has 1 aliphatic heterocycles. The summed E-state index contributed by atoms with van der Waals surface area (Å²) in [5, 5.41) is 0. The molecule has 23 heavy (non-hydrogen) atoms. The molecule has 1 aromatic carbocycles. The average molecular weight is 377 g/mol. The molecule has 1 amide bonds. The van der Waals surface area contributed by atoms with E-state index in [1.165, 1.54) is 18.8 Å². The highest BCUT2D eigenvalue weighted by molar-refractivity contribution is 8.00. The van der Waals surface area contributed by atoms with Gasteiger partial charge in [0.1, 0.15) is 6.04 Å². The maximum absolute atomic E-state index is 12.5. The van der Waals surface area contributed by atoms with Crippen molar-refractivity contribution >= 4 is 39.5 Å². The molecule has 128 valence electrons. The molecule has 0 radical (unpaired) electrons. The van der Waals surface area contributed by atoms with Gasteiger partial charge in [0.15, 0.2) is 0 Å². The Morgan fingerprint density at radius 3 is 2.43 bits per heavy atom. The van der Waals surface area contributed by atoms with Crippen molar-refractivity contribution in [3.8, 4) is 0 Å². The first-order chi connectivity index (χ1) is 10.6. The normalized spacial score (nSPS) is 21.8. The predicted octanol–water partition coefficient (Wildman–Crippen LogP) is 2.92. The zero-order valence-corrected chi connectivity index (χ0v) is 15.8. The molecule has 8 heteroatoms. The van der Waals surface area contributed by atoms with Crippen molar-refractivity contribution in [1.82, 2.24) is 8.61 Å². The van der Waals surface area contributed by atoms with Crippen LogP contribution in [0, 0.1) is 0 Å². The molecule has 0 aliphatic carbocycles. The second kappa shape index (κ2) is 7.01. The van der Waals surface area contributed by atoms with Gasteiger partial charge in [0.25, 0.3) is 5.91 Å². The average Bonchev–Trinajstić information content (AvgIpc) is 2.62. The molecule has 1 aromatic rings. The number of nitrogens with zero attached hydrogens (tertiary/aromatic N) is 2. The van der Waals surface area contributed by atoms with Crippen LogP contribution in [0.4, 0.5) is 0 Å². The summed E-state index contributed by atoms with van der Waals surface area (Å²) >= 11 is 7.48. The number of carbonyl (C=O) groups excluding carboxylic acids is 1. The minimum Gasteiger partial charge on any atom is -0.272 e. The Morgan fingerprint density at radius 1 is 1.26 bits per heavy atom. The topological polar surface area (TPSA) is 57.7 Å². The van der Waals surface area contributed by atoms with Gasteiger partial charge in [-0.25, -0.2) is 4.31 Å². The summed E-state index contributed by atoms with van der Waals surface area (Å²) in [4.78, 5) is 13.0. The molecular formula is C15H21ClN2O3S2. The van der Waals surface area contributed by atoms with Crippen molar-refractivity contribution in [2.45, 2.75) is 42.5 Å². The van der Waals surface area contributed by atoms with Crippen LogP contribution >= 0.6 is 23.4 Å². The molecule has 5 nitrogen and oxygen atoms in total. The standard InChI is InChI=1S/C15H21ClN2O3S2/c1-15(2,16)10-9-13-14(19)18(23(20,21)17(13)3)11-22-12-7-5-4-6-8-12/h4-8,13H,9-11H2,1-3H3. The van der Waals surface area contributed by atoms with E-state index in [-0.39, 0.29) is 11.8 Å². The molecule has 0 N–H and O–H groups in total. The summed E-state index contributed by atoms with van der Waals surface area (Å²) in [5.41, 5.74) is 0. The molecule has 1 atom stereocenters. The van der Waals surface area contributed by atoms with Crippen LogP contribution in [0.1, 0.15) is 26.7 Å². The minimum absolute atomic E-state index is 0.0797. The number of likely N-dealkylation sites (N-methyl/N-ethyl adjacent to an activating group) is 1. The number of thioether (sulfide) groups is 1. The van der Waals surface area contributed by atoms with Crippen LogP contribution < -0.4 is 0 Å². The summed E-state index contributed by atoms with van der Waals surface area (Å²) in [5.74, 6) is -0.298. The van der Waals surface area contributed by atoms with E-state index < -0.39 is 21.1 Å². The van der Waals surface area contributed by atoms with Crippen molar-refractivity contribution in [3.63, 3.8) is 0 Å². The SMILES string of the molecule is CN1C(CCC(C)(C)Cl)C(=O)N(CSc2ccccc2)S1(=O)=O. The van der Waals surface area contributed by atoms with Gasteiger partial charge in [0.2, 0.25) is 0 Å². The second-order valence-corrected chi connectivity index (χ2v) is 10.0. The number of alkyl halides is 1. The molecular weight excluding hydrogens is 356 g/mol. The van der Waals surface area contributed by atoms with E-state index in [9.17, 15) is 13.2 Å². The van der Waals surface area contributed by atoms with E-state index in [1.54, 1.807) is 0 Å². The molecule has 0 spiro atoms. The number of rotatable bonds is 6. The van der Waals surface area contributed by atoms with Gasteiger partial charge in [0, 0.05) is 16.8 Å². The number of halogens is 1. The molecule has 0 aromatic heterocycles. The lowest BCUT2D eigenvalue weighted by Crippen LogP contribution is -2.33. The Kier molecular flexibility index (Phi) is 5.66. The highest BCUT2D eigenvalue weighted by Gasteiger charge is 2.48. The van der Waals surface area contributed by atoms with Gasteiger partial charge in [-0.05, 0) is 38.8 Å². The Labute approximate surface area is 147 Å². The van der Waals surface area contributed by atoms with Gasteiger partial charge in [-0.1, -0.05) is 18.2 Å². The Balaban J connectivity index is 2.09. The Hall–Kier alpha value is -0.760. The summed E-state index contributed by atoms with van der Waals surface area (Å²) < 4.78 is 27.0. The van der Waals surface area contributed by atoms with E-state index in [0.29, 0.717) is 12.8 Å². The maximum atomic E-state index is 12.5. The van der Waals surface area contributed by atoms with Crippen LogP contribution in [0.2, 0.25) is 0 Å². The van der Waals surface area contributed by atoms with Gasteiger partial charge in [-0.2, -0.15) is 12.7 Å². The van der Waals surface area contributed by atoms with E-state index in [1.807, 2.05) is 44.2 Å². The third-order valence-electron chi connectivity index (χ3n) is 3.72. The third-order valence-corrected chi connectivity index (χ3v) is 6.91. The minimum atomic E-state index is -3.75. The highest BCUT2D eigenvalue weighted by Crippen LogP contribution is 2.31. The molecule has 1 saturated heterocycles. The first-order valence-corrected chi connectivity index (χ1v) is 10.1. The molecule has 1 heterocycles. The molecule has 1 aliphatic rings. The zero-order valence-electron chi connectivity index (χ0n) is 13.4. The number of carbonyl (C=O) groups is 1. The molecule has 1 fully saturated rings. The number of hydrogen-bond donors (Lipinski definition) is 0. The fourth-order valence-corrected chi connectivity index (χ4v) is 5.04. The van der Waals surface area contributed by atoms with Crippen molar-refractivity contribution < 1.29 is 13.2 Å². The summed E-state index contributed by atoms with van der Waals surface area (Å²) in [7, 11) is -2.30. The smallest absolute Gasteiger partial charge is 0.272 e. The fourth-order valence-electron chi connectivity index (χ4n) is 2.32. The molecule has 0 saturated carbocycles. The van der Waals surface area contributed by atoms with Crippen molar-refractivity contribution in [3.05, 3.63) is 30.3 Å². The van der Waals surface area contributed by atoms with E-state index >= 15 is 0 Å². The van der Waals surface area contributed by atoms with Crippen molar-refractivity contribution in [1.29, 1.82) is 0 Å². The van der Waals surface area contributed by atoms with Gasteiger partial charge in [-0.3, -0.25) is 4.79 Å². The van der Waals surface area contributed by atoms with Gasteiger partial charge < -0.3 is 0 Å². The predicted molar refractivity (Wildman–Crippen MR) is 93.6 cm³/mol. The van der Waals surface area contributed by atoms with Gasteiger partial charge in [0.05, 0.1) is 5.88 Å². The van der Waals surface area contributed by atoms with Crippen LogP contribution in [0.5, 0.6) is 0 Å². The zero-order chi connectivity index (χ0) is 17.3. The summed E-state index contributed by atoms with van der Waals surface area (Å²) in [6.07, 6.45) is 0.974. The van der Waals surface area contributed by atoms with Crippen LogP contribution in [-0.4, -0.2) is 46.8 Å². The lowest BCUT2D eigenvalue weighted by molar-refractivity contribution is -0.127. The monoisotopic (exact) mass is 376 g/mol. The Bertz CT molecular complexity index is 659. The summed E-state index contributed by atoms with van der Waals surface area (Å²) in [6.45, 7) is 3.71. The van der Waals surface area contributed by atoms with Gasteiger partial charge in [-0.15, -0.1) is 23.4 Å². The lowest BCUT2D eigenvalue weighted by Gasteiger charge is -2.19. The van der Waals surface area contributed by atoms with Crippen molar-refractivity contribution in [2.24, 2.45) is 0 Å². The largest absolute Gasteiger partial charge is 0.307 e. The first kappa shape index (κ1) is 18.6. The van der Waals surface area contributed by atoms with Crippen LogP contribution in [0.25, 0.3) is 0 Å². The lowest BCUT2D eigenvalue weighted by atomic mass is 10.0. The quantitative estimate of drug-likeness (QED) is 0.565. The van der Waals surface area contributed by atoms with Crippen LogP contribution in [0.15, 0.2) is 35.2 Å². The Morgan fingerprint density at radius 2 is 1.87 bits per heavy atom. The van der Waals surface area contributed by atoms with E-state index in [2.05, 4.69) is 0 Å². The molecule has 1 unspecified atom stereocenters. The second-order valence-electron chi connectivity index (χ2n) is 6.07. The number of hydrogen-bond acceptors (Lipinski definition) is 4. The maximum Gasteiger partial charge on any atom is 0.307 e. The molecule has 0 bridgehead atoms. The number of amides is 1. The van der Waals surface area contributed by atoms with Crippen LogP contribution in [0.3, 0.4) is 0 Å².